The Balaban J connectivity index is 1.64. The Bertz CT molecular complexity index is 1090. The lowest BCUT2D eigenvalue weighted by Crippen LogP contribution is -2.28. The molecular formula is C24H24Cl2N4O. The number of aromatic amines is 1. The molecule has 160 valence electrons. The number of hydrogen-bond acceptors (Lipinski definition) is 4. The lowest BCUT2D eigenvalue weighted by atomic mass is 9.83. The van der Waals surface area contributed by atoms with Gasteiger partial charge in [0.1, 0.15) is 0 Å². The molecule has 31 heavy (non-hydrogen) atoms. The van der Waals surface area contributed by atoms with Crippen LogP contribution in [0.2, 0.25) is 10.0 Å². The van der Waals surface area contributed by atoms with Gasteiger partial charge in [0.15, 0.2) is 5.78 Å². The van der Waals surface area contributed by atoms with Crippen LogP contribution in [0.5, 0.6) is 0 Å². The Morgan fingerprint density at radius 3 is 2.77 bits per heavy atom. The van der Waals surface area contributed by atoms with Gasteiger partial charge in [-0.25, -0.2) is 0 Å². The molecule has 0 aliphatic carbocycles. The van der Waals surface area contributed by atoms with Crippen molar-refractivity contribution in [1.82, 2.24) is 10.2 Å². The first-order valence-corrected chi connectivity index (χ1v) is 11.2. The highest BCUT2D eigenvalue weighted by molar-refractivity contribution is 6.35. The van der Waals surface area contributed by atoms with E-state index < -0.39 is 0 Å². The van der Waals surface area contributed by atoms with E-state index in [4.69, 9.17) is 23.2 Å². The molecule has 0 bridgehead atoms. The van der Waals surface area contributed by atoms with Gasteiger partial charge in [-0.05, 0) is 56.0 Å². The first kappa shape index (κ1) is 21.7. The summed E-state index contributed by atoms with van der Waals surface area (Å²) in [6, 6.07) is 5.48. The third-order valence-electron chi connectivity index (χ3n) is 5.94. The molecule has 2 aliphatic rings. The summed E-state index contributed by atoms with van der Waals surface area (Å²) < 4.78 is 0. The lowest BCUT2D eigenvalue weighted by Gasteiger charge is -2.26. The average molecular weight is 455 g/mol. The van der Waals surface area contributed by atoms with E-state index in [1.807, 2.05) is 25.1 Å². The molecular weight excluding hydrogens is 431 g/mol. The van der Waals surface area contributed by atoms with Crippen molar-refractivity contribution in [2.24, 2.45) is 21.8 Å². The molecule has 2 aromatic rings. The van der Waals surface area contributed by atoms with Crippen LogP contribution in [0.4, 0.5) is 0 Å². The summed E-state index contributed by atoms with van der Waals surface area (Å²) in [6.07, 6.45) is 11.4. The van der Waals surface area contributed by atoms with Crippen LogP contribution in [0.15, 0.2) is 57.8 Å². The Labute approximate surface area is 192 Å². The van der Waals surface area contributed by atoms with Gasteiger partial charge in [0, 0.05) is 39.9 Å². The van der Waals surface area contributed by atoms with Crippen LogP contribution in [-0.4, -0.2) is 34.5 Å². The van der Waals surface area contributed by atoms with Gasteiger partial charge < -0.3 is 0 Å². The number of halogens is 2. The molecule has 3 atom stereocenters. The molecule has 4 rings (SSSR count). The minimum absolute atomic E-state index is 0.0773. The van der Waals surface area contributed by atoms with E-state index in [2.05, 4.69) is 33.2 Å². The fraction of sp³-hybridized carbons (Fsp3) is 0.333. The second kappa shape index (κ2) is 9.33. The molecule has 0 saturated carbocycles. The molecule has 2 aliphatic heterocycles. The number of fused-ring (bicyclic) bond motifs is 1. The van der Waals surface area contributed by atoms with E-state index in [9.17, 15) is 4.79 Å². The van der Waals surface area contributed by atoms with Gasteiger partial charge in [-0.3, -0.25) is 19.9 Å². The second-order valence-electron chi connectivity index (χ2n) is 7.97. The van der Waals surface area contributed by atoms with Gasteiger partial charge in [-0.15, -0.1) is 0 Å². The number of benzene rings is 1. The molecule has 3 unspecified atom stereocenters. The van der Waals surface area contributed by atoms with Crippen molar-refractivity contribution in [3.8, 4) is 11.3 Å². The highest BCUT2D eigenvalue weighted by Gasteiger charge is 2.32. The number of allylic oxidation sites excluding steroid dienone is 3. The van der Waals surface area contributed by atoms with Crippen LogP contribution in [0.3, 0.4) is 0 Å². The first-order valence-electron chi connectivity index (χ1n) is 10.5. The number of aromatic nitrogens is 2. The molecule has 1 aromatic carbocycles. The third-order valence-corrected chi connectivity index (χ3v) is 6.37. The molecule has 0 spiro atoms. The number of Topliss-reactive ketones (excluding diaryl/α,β-unsaturated/α-hetero) is 1. The van der Waals surface area contributed by atoms with Crippen molar-refractivity contribution in [2.75, 3.05) is 0 Å². The van der Waals surface area contributed by atoms with E-state index in [-0.39, 0.29) is 23.7 Å². The first-order chi connectivity index (χ1) is 15.0. The summed E-state index contributed by atoms with van der Waals surface area (Å²) in [5, 5.41) is 8.35. The van der Waals surface area contributed by atoms with E-state index in [0.717, 1.165) is 28.9 Å². The number of ketones is 1. The zero-order chi connectivity index (χ0) is 22.0. The maximum atomic E-state index is 13.6. The van der Waals surface area contributed by atoms with Crippen molar-refractivity contribution in [3.05, 3.63) is 63.4 Å². The van der Waals surface area contributed by atoms with Gasteiger partial charge in [-0.2, -0.15) is 5.10 Å². The van der Waals surface area contributed by atoms with Gasteiger partial charge in [-0.1, -0.05) is 36.2 Å². The number of carbonyl (C=O) groups excluding carboxylic acids is 1. The van der Waals surface area contributed by atoms with Crippen LogP contribution in [-0.2, 0) is 11.2 Å². The predicted molar refractivity (Wildman–Crippen MR) is 127 cm³/mol. The van der Waals surface area contributed by atoms with Crippen molar-refractivity contribution in [2.45, 2.75) is 39.2 Å². The SMILES string of the molecule is CCC(Cc1cn[nH]c1-c1cc(Cl)cc(Cl)c1)C(=O)C1=C2N=CC=CCC2C(C)N=C1. The summed E-state index contributed by atoms with van der Waals surface area (Å²) in [4.78, 5) is 22.8. The minimum atomic E-state index is -0.208. The molecule has 0 saturated heterocycles. The summed E-state index contributed by atoms with van der Waals surface area (Å²) in [5.41, 5.74) is 4.11. The zero-order valence-electron chi connectivity index (χ0n) is 17.5. The Hall–Kier alpha value is -2.50. The van der Waals surface area contributed by atoms with Gasteiger partial charge in [0.2, 0.25) is 0 Å². The monoisotopic (exact) mass is 454 g/mol. The summed E-state index contributed by atoms with van der Waals surface area (Å²) in [6.45, 7) is 4.10. The number of rotatable bonds is 6. The fourth-order valence-corrected chi connectivity index (χ4v) is 4.71. The van der Waals surface area contributed by atoms with Crippen molar-refractivity contribution < 1.29 is 4.79 Å². The molecule has 1 N–H and O–H groups in total. The number of nitrogens with one attached hydrogen (secondary N) is 1. The van der Waals surface area contributed by atoms with Crippen molar-refractivity contribution in [3.63, 3.8) is 0 Å². The van der Waals surface area contributed by atoms with Crippen LogP contribution >= 0.6 is 23.2 Å². The predicted octanol–water partition coefficient (Wildman–Crippen LogP) is 5.90. The largest absolute Gasteiger partial charge is 0.294 e. The van der Waals surface area contributed by atoms with Crippen LogP contribution in [0.1, 0.15) is 32.3 Å². The number of nitrogens with zero attached hydrogens (tertiary/aromatic N) is 3. The van der Waals surface area contributed by atoms with Crippen molar-refractivity contribution in [1.29, 1.82) is 0 Å². The van der Waals surface area contributed by atoms with Gasteiger partial charge in [0.05, 0.1) is 29.2 Å². The molecule has 5 nitrogen and oxygen atoms in total. The normalized spacial score (nSPS) is 21.2. The topological polar surface area (TPSA) is 70.5 Å². The van der Waals surface area contributed by atoms with Gasteiger partial charge in [0.25, 0.3) is 0 Å². The highest BCUT2D eigenvalue weighted by atomic mass is 35.5. The average Bonchev–Trinajstić information content (AvgIpc) is 3.06. The maximum absolute atomic E-state index is 13.6. The van der Waals surface area contributed by atoms with Crippen LogP contribution in [0.25, 0.3) is 11.3 Å². The zero-order valence-corrected chi connectivity index (χ0v) is 19.0. The lowest BCUT2D eigenvalue weighted by molar-refractivity contribution is -0.118. The standard InChI is InChI=1S/C24H24Cl2N4O/c1-3-15(8-17-12-29-30-22(17)16-9-18(25)11-19(26)10-16)24(31)21-13-28-14(2)20-6-4-5-7-27-23(20)21/h4-5,7,9-15,20H,3,6,8H2,1-2H3,(H,29,30). The molecule has 0 fully saturated rings. The maximum Gasteiger partial charge on any atom is 0.169 e. The molecule has 0 radical (unpaired) electrons. The Kier molecular flexibility index (Phi) is 6.54. The highest BCUT2D eigenvalue weighted by Crippen LogP contribution is 2.34. The van der Waals surface area contributed by atoms with E-state index in [1.165, 1.54) is 0 Å². The number of hydrogen-bond donors (Lipinski definition) is 1. The van der Waals surface area contributed by atoms with Crippen LogP contribution in [0, 0.1) is 11.8 Å². The number of H-pyrrole nitrogens is 1. The van der Waals surface area contributed by atoms with Gasteiger partial charge >= 0.3 is 0 Å². The second-order valence-corrected chi connectivity index (χ2v) is 8.84. The Morgan fingerprint density at radius 2 is 2.03 bits per heavy atom. The van der Waals surface area contributed by atoms with Crippen LogP contribution < -0.4 is 0 Å². The summed E-state index contributed by atoms with van der Waals surface area (Å²) in [7, 11) is 0. The number of aliphatic imine (C=N–C) groups is 2. The minimum Gasteiger partial charge on any atom is -0.294 e. The molecule has 1 aromatic heterocycles. The smallest absolute Gasteiger partial charge is 0.169 e. The number of dihydropyridines is 1. The summed E-state index contributed by atoms with van der Waals surface area (Å²) >= 11 is 12.4. The number of carbonyl (C=O) groups is 1. The quantitative estimate of drug-likeness (QED) is 0.590. The Morgan fingerprint density at radius 1 is 1.26 bits per heavy atom. The summed E-state index contributed by atoms with van der Waals surface area (Å²) in [5.74, 6) is 0.00319. The fourth-order valence-electron chi connectivity index (χ4n) is 4.19. The van der Waals surface area contributed by atoms with E-state index >= 15 is 0 Å². The third kappa shape index (κ3) is 4.58. The molecule has 3 heterocycles. The molecule has 0 amide bonds. The van der Waals surface area contributed by atoms with E-state index in [0.29, 0.717) is 28.5 Å². The van der Waals surface area contributed by atoms with E-state index in [1.54, 1.807) is 24.7 Å². The molecule has 7 heteroatoms. The van der Waals surface area contributed by atoms with Crippen molar-refractivity contribution >= 4 is 41.4 Å².